The predicted octanol–water partition coefficient (Wildman–Crippen LogP) is 2.79. The first-order chi connectivity index (χ1) is 10.8. The summed E-state index contributed by atoms with van der Waals surface area (Å²) in [6, 6.07) is 0. The Bertz CT molecular complexity index is 615. The second kappa shape index (κ2) is 8.30. The molecule has 0 aliphatic rings. The monoisotopic (exact) mass is 333 g/mol. The van der Waals surface area contributed by atoms with Crippen LogP contribution in [0.2, 0.25) is 0 Å². The smallest absolute Gasteiger partial charge is 0.332 e. The summed E-state index contributed by atoms with van der Waals surface area (Å²) in [5.74, 6) is -8.76. The van der Waals surface area contributed by atoms with Crippen molar-refractivity contribution < 1.29 is 31.9 Å². The zero-order chi connectivity index (χ0) is 17.6. The van der Waals surface area contributed by atoms with Crippen LogP contribution in [0.5, 0.6) is 0 Å². The van der Waals surface area contributed by atoms with Crippen LogP contribution >= 0.6 is 0 Å². The molecule has 0 aliphatic heterocycles. The second-order valence-electron chi connectivity index (χ2n) is 4.47. The second-order valence-corrected chi connectivity index (χ2v) is 4.47. The lowest BCUT2D eigenvalue weighted by Gasteiger charge is -2.09. The van der Waals surface area contributed by atoms with E-state index in [2.05, 4.69) is 10.1 Å². The van der Waals surface area contributed by atoms with Crippen LogP contribution in [0, 0.1) is 30.2 Å². The van der Waals surface area contributed by atoms with Crippen LogP contribution in [0.4, 0.5) is 17.6 Å². The molecule has 0 heterocycles. The van der Waals surface area contributed by atoms with E-state index >= 15 is 0 Å². The Morgan fingerprint density at radius 2 is 1.70 bits per heavy atom. The molecular formula is C15H15F4NO3. The summed E-state index contributed by atoms with van der Waals surface area (Å²) in [5, 5.41) is 2.57. The van der Waals surface area contributed by atoms with Gasteiger partial charge in [0.2, 0.25) is 0 Å². The van der Waals surface area contributed by atoms with Gasteiger partial charge >= 0.3 is 5.97 Å². The number of halogens is 4. The molecule has 0 aliphatic carbocycles. The van der Waals surface area contributed by atoms with Gasteiger partial charge in [0, 0.05) is 30.8 Å². The summed E-state index contributed by atoms with van der Waals surface area (Å²) in [6.45, 7) is 2.81. The van der Waals surface area contributed by atoms with Gasteiger partial charge in [0.1, 0.15) is 0 Å². The number of rotatable bonds is 7. The Balaban J connectivity index is 2.72. The molecule has 23 heavy (non-hydrogen) atoms. The molecule has 1 rings (SSSR count). The molecule has 0 bridgehead atoms. The van der Waals surface area contributed by atoms with Crippen molar-refractivity contribution in [1.82, 2.24) is 5.32 Å². The van der Waals surface area contributed by atoms with Crippen LogP contribution < -0.4 is 5.32 Å². The fraction of sp³-hybridized carbons (Fsp3) is 0.333. The quantitative estimate of drug-likeness (QED) is 0.159. The fourth-order valence-corrected chi connectivity index (χ4v) is 1.78. The number of Topliss-reactive ketones (excluding diaryl/α,β-unsaturated/α-hetero) is 1. The van der Waals surface area contributed by atoms with Crippen LogP contribution in [0.25, 0.3) is 0 Å². The molecule has 0 amide bonds. The zero-order valence-corrected chi connectivity index (χ0v) is 12.5. The van der Waals surface area contributed by atoms with Gasteiger partial charge in [0.25, 0.3) is 0 Å². The SMILES string of the molecule is CCOC(=O)C=CNCCC(=O)c1c(C)c(F)c(F)c(F)c1F. The van der Waals surface area contributed by atoms with E-state index in [1.807, 2.05) is 0 Å². The van der Waals surface area contributed by atoms with Crippen molar-refractivity contribution in [2.75, 3.05) is 13.2 Å². The Kier molecular flexibility index (Phi) is 6.74. The van der Waals surface area contributed by atoms with Gasteiger partial charge in [-0.25, -0.2) is 22.4 Å². The van der Waals surface area contributed by atoms with Gasteiger partial charge in [-0.1, -0.05) is 0 Å². The Morgan fingerprint density at radius 3 is 2.30 bits per heavy atom. The number of ketones is 1. The summed E-state index contributed by atoms with van der Waals surface area (Å²) < 4.78 is 57.8. The number of nitrogens with one attached hydrogen (secondary N) is 1. The summed E-state index contributed by atoms with van der Waals surface area (Å²) in [5.41, 5.74) is -1.41. The molecule has 1 aromatic rings. The Morgan fingerprint density at radius 1 is 1.09 bits per heavy atom. The van der Waals surface area contributed by atoms with Gasteiger partial charge in [-0.3, -0.25) is 4.79 Å². The van der Waals surface area contributed by atoms with E-state index in [0.717, 1.165) is 13.0 Å². The highest BCUT2D eigenvalue weighted by atomic mass is 19.2. The zero-order valence-electron chi connectivity index (χ0n) is 12.5. The third kappa shape index (κ3) is 4.54. The Hall–Kier alpha value is -2.38. The largest absolute Gasteiger partial charge is 0.463 e. The van der Waals surface area contributed by atoms with E-state index in [1.165, 1.54) is 6.20 Å². The van der Waals surface area contributed by atoms with Crippen molar-refractivity contribution in [2.24, 2.45) is 0 Å². The predicted molar refractivity (Wildman–Crippen MR) is 73.7 cm³/mol. The highest BCUT2D eigenvalue weighted by Crippen LogP contribution is 2.24. The number of carbonyl (C=O) groups excluding carboxylic acids is 2. The van der Waals surface area contributed by atoms with Crippen molar-refractivity contribution in [3.05, 3.63) is 46.7 Å². The van der Waals surface area contributed by atoms with Crippen LogP contribution in [0.15, 0.2) is 12.3 Å². The van der Waals surface area contributed by atoms with E-state index in [4.69, 9.17) is 0 Å². The number of esters is 1. The molecular weight excluding hydrogens is 318 g/mol. The molecule has 0 radical (unpaired) electrons. The average molecular weight is 333 g/mol. The molecule has 126 valence electrons. The lowest BCUT2D eigenvalue weighted by Crippen LogP contribution is -2.17. The molecule has 0 aromatic heterocycles. The number of benzene rings is 1. The van der Waals surface area contributed by atoms with Gasteiger partial charge in [0.05, 0.1) is 12.2 Å². The molecule has 8 heteroatoms. The highest BCUT2D eigenvalue weighted by Gasteiger charge is 2.26. The van der Waals surface area contributed by atoms with Crippen LogP contribution in [0.1, 0.15) is 29.3 Å². The van der Waals surface area contributed by atoms with Gasteiger partial charge < -0.3 is 10.1 Å². The standard InChI is InChI=1S/C15H15F4NO3/c1-3-23-10(22)5-7-20-6-4-9(21)11-8(2)12(16)14(18)15(19)13(11)17/h5,7,20H,3-4,6H2,1-2H3. The van der Waals surface area contributed by atoms with E-state index in [1.54, 1.807) is 6.92 Å². The van der Waals surface area contributed by atoms with Crippen LogP contribution in [-0.4, -0.2) is 24.9 Å². The number of hydrogen-bond donors (Lipinski definition) is 1. The first-order valence-corrected chi connectivity index (χ1v) is 6.73. The van der Waals surface area contributed by atoms with E-state index in [-0.39, 0.29) is 19.6 Å². The first kappa shape index (κ1) is 18.7. The number of ether oxygens (including phenoxy) is 1. The van der Waals surface area contributed by atoms with Crippen molar-refractivity contribution in [2.45, 2.75) is 20.3 Å². The maximum absolute atomic E-state index is 13.6. The molecule has 0 saturated heterocycles. The summed E-state index contributed by atoms with van der Waals surface area (Å²) >= 11 is 0. The van der Waals surface area contributed by atoms with Gasteiger partial charge in [0.15, 0.2) is 29.1 Å². The van der Waals surface area contributed by atoms with Crippen molar-refractivity contribution in [3.8, 4) is 0 Å². The molecule has 1 N–H and O–H groups in total. The average Bonchev–Trinajstić information content (AvgIpc) is 2.51. The van der Waals surface area contributed by atoms with Crippen molar-refractivity contribution >= 4 is 11.8 Å². The normalized spacial score (nSPS) is 10.9. The molecule has 0 unspecified atom stereocenters. The van der Waals surface area contributed by atoms with Crippen LogP contribution in [0.3, 0.4) is 0 Å². The minimum absolute atomic E-state index is 0.0196. The molecule has 0 atom stereocenters. The topological polar surface area (TPSA) is 55.4 Å². The number of carbonyl (C=O) groups is 2. The highest BCUT2D eigenvalue weighted by molar-refractivity contribution is 5.97. The minimum Gasteiger partial charge on any atom is -0.463 e. The van der Waals surface area contributed by atoms with Crippen molar-refractivity contribution in [1.29, 1.82) is 0 Å². The van der Waals surface area contributed by atoms with E-state index in [9.17, 15) is 27.2 Å². The van der Waals surface area contributed by atoms with E-state index < -0.39 is 46.1 Å². The third-order valence-corrected chi connectivity index (χ3v) is 2.90. The first-order valence-electron chi connectivity index (χ1n) is 6.73. The maximum atomic E-state index is 13.6. The lowest BCUT2D eigenvalue weighted by atomic mass is 10.0. The van der Waals surface area contributed by atoms with Gasteiger partial charge in [-0.2, -0.15) is 0 Å². The molecule has 1 aromatic carbocycles. The molecule has 0 spiro atoms. The molecule has 4 nitrogen and oxygen atoms in total. The maximum Gasteiger partial charge on any atom is 0.332 e. The molecule has 0 saturated carbocycles. The fourth-order valence-electron chi connectivity index (χ4n) is 1.78. The lowest BCUT2D eigenvalue weighted by molar-refractivity contribution is -0.137. The Labute approximate surface area is 130 Å². The third-order valence-electron chi connectivity index (χ3n) is 2.90. The summed E-state index contributed by atoms with van der Waals surface area (Å²) in [7, 11) is 0. The minimum atomic E-state index is -2.02. The van der Waals surface area contributed by atoms with Gasteiger partial charge in [-0.15, -0.1) is 0 Å². The van der Waals surface area contributed by atoms with Crippen molar-refractivity contribution in [3.63, 3.8) is 0 Å². The number of hydrogen-bond acceptors (Lipinski definition) is 4. The van der Waals surface area contributed by atoms with Gasteiger partial charge in [-0.05, 0) is 13.8 Å². The van der Waals surface area contributed by atoms with E-state index in [0.29, 0.717) is 0 Å². The summed E-state index contributed by atoms with van der Waals surface area (Å²) in [4.78, 5) is 22.8. The summed E-state index contributed by atoms with van der Waals surface area (Å²) in [6.07, 6.45) is 1.99. The molecule has 0 fully saturated rings. The van der Waals surface area contributed by atoms with Crippen LogP contribution in [-0.2, 0) is 9.53 Å².